The number of carbonyl (C=O) groups is 1. The first-order valence-electron chi connectivity index (χ1n) is 10.7. The number of halogens is 1. The number of hydrogen-bond acceptors (Lipinski definition) is 6. The van der Waals surface area contributed by atoms with Crippen molar-refractivity contribution in [3.8, 4) is 11.1 Å². The van der Waals surface area contributed by atoms with Crippen LogP contribution in [0.1, 0.15) is 41.6 Å². The van der Waals surface area contributed by atoms with Crippen LogP contribution in [-0.4, -0.2) is 28.0 Å². The Hall–Kier alpha value is -3.52. The van der Waals surface area contributed by atoms with E-state index in [1.165, 1.54) is 0 Å². The molecule has 4 rings (SSSR count). The molecule has 1 fully saturated rings. The summed E-state index contributed by atoms with van der Waals surface area (Å²) in [5.41, 5.74) is 15.3. The van der Waals surface area contributed by atoms with Gasteiger partial charge in [-0.1, -0.05) is 37.1 Å². The van der Waals surface area contributed by atoms with E-state index in [0.717, 1.165) is 48.4 Å². The number of nitrogens with two attached hydrogens (primary N) is 2. The maximum absolute atomic E-state index is 14.7. The van der Waals surface area contributed by atoms with Gasteiger partial charge in [0, 0.05) is 23.8 Å². The summed E-state index contributed by atoms with van der Waals surface area (Å²) in [6, 6.07) is 10.8. The van der Waals surface area contributed by atoms with Gasteiger partial charge < -0.3 is 22.1 Å². The van der Waals surface area contributed by atoms with Crippen molar-refractivity contribution in [2.24, 2.45) is 11.5 Å². The molecule has 0 unspecified atom stereocenters. The number of pyridine rings is 2. The fourth-order valence-corrected chi connectivity index (χ4v) is 4.08. The lowest BCUT2D eigenvalue weighted by atomic mass is 9.91. The average Bonchev–Trinajstić information content (AvgIpc) is 2.77. The number of amides is 1. The fraction of sp³-hybridized carbons (Fsp3) is 0.292. The number of nitrogens with one attached hydrogen (secondary N) is 2. The second-order valence-electron chi connectivity index (χ2n) is 8.18. The van der Waals surface area contributed by atoms with Crippen LogP contribution in [-0.2, 0) is 0 Å². The van der Waals surface area contributed by atoms with Gasteiger partial charge in [0.25, 0.3) is 5.91 Å². The molecule has 1 aliphatic carbocycles. The standard InChI is InChI=1S/C24H27FN6O/c1-14-6-2-3-7-17(14)15-10-16(13-28-12-15)29-23-18(22(27)32)11-19(25)24(31-23)30-21-9-5-4-8-20(21)26/h2-3,6-7,10-13,20-21H,4-5,8-9,26H2,1H3,(H2,27,32)(H2,29,30,31)/t20-,21+/m0/s1. The van der Waals surface area contributed by atoms with Crippen molar-refractivity contribution < 1.29 is 9.18 Å². The van der Waals surface area contributed by atoms with E-state index in [4.69, 9.17) is 11.5 Å². The zero-order chi connectivity index (χ0) is 22.7. The van der Waals surface area contributed by atoms with E-state index in [-0.39, 0.29) is 29.3 Å². The molecule has 0 saturated heterocycles. The lowest BCUT2D eigenvalue weighted by Crippen LogP contribution is -2.43. The fourth-order valence-electron chi connectivity index (χ4n) is 4.08. The molecule has 1 aliphatic rings. The highest BCUT2D eigenvalue weighted by molar-refractivity contribution is 5.98. The normalized spacial score (nSPS) is 18.2. The Balaban J connectivity index is 1.66. The second-order valence-corrected chi connectivity index (χ2v) is 8.18. The van der Waals surface area contributed by atoms with Crippen LogP contribution in [0.4, 0.5) is 21.7 Å². The number of rotatable bonds is 6. The number of carbonyl (C=O) groups excluding carboxylic acids is 1. The number of benzene rings is 1. The summed E-state index contributed by atoms with van der Waals surface area (Å²) in [6.07, 6.45) is 7.17. The van der Waals surface area contributed by atoms with Crippen molar-refractivity contribution in [3.05, 3.63) is 65.7 Å². The summed E-state index contributed by atoms with van der Waals surface area (Å²) in [4.78, 5) is 20.6. The molecular formula is C24H27FN6O. The van der Waals surface area contributed by atoms with Crippen LogP contribution in [0.5, 0.6) is 0 Å². The third-order valence-electron chi connectivity index (χ3n) is 5.84. The Morgan fingerprint density at radius 1 is 1.12 bits per heavy atom. The molecule has 8 heteroatoms. The second kappa shape index (κ2) is 9.32. The van der Waals surface area contributed by atoms with Crippen LogP contribution in [0.3, 0.4) is 0 Å². The summed E-state index contributed by atoms with van der Waals surface area (Å²) >= 11 is 0. The van der Waals surface area contributed by atoms with Crippen molar-refractivity contribution in [3.63, 3.8) is 0 Å². The van der Waals surface area contributed by atoms with Crippen LogP contribution < -0.4 is 22.1 Å². The Kier molecular flexibility index (Phi) is 6.32. The van der Waals surface area contributed by atoms with Gasteiger partial charge in [0.15, 0.2) is 11.6 Å². The van der Waals surface area contributed by atoms with Gasteiger partial charge >= 0.3 is 0 Å². The molecule has 0 radical (unpaired) electrons. The molecule has 0 aliphatic heterocycles. The highest BCUT2D eigenvalue weighted by Crippen LogP contribution is 2.29. The Labute approximate surface area is 186 Å². The first-order valence-corrected chi connectivity index (χ1v) is 10.7. The highest BCUT2D eigenvalue weighted by Gasteiger charge is 2.24. The van der Waals surface area contributed by atoms with E-state index < -0.39 is 11.7 Å². The minimum atomic E-state index is -0.775. The summed E-state index contributed by atoms with van der Waals surface area (Å²) < 4.78 is 14.7. The molecule has 2 aromatic heterocycles. The van der Waals surface area contributed by atoms with Crippen molar-refractivity contribution in [1.82, 2.24) is 9.97 Å². The zero-order valence-corrected chi connectivity index (χ0v) is 17.9. The predicted molar refractivity (Wildman–Crippen MR) is 124 cm³/mol. The molecule has 166 valence electrons. The Bertz CT molecular complexity index is 1140. The van der Waals surface area contributed by atoms with E-state index in [9.17, 15) is 9.18 Å². The first kappa shape index (κ1) is 21.7. The Morgan fingerprint density at radius 3 is 2.66 bits per heavy atom. The van der Waals surface area contributed by atoms with E-state index >= 15 is 0 Å². The van der Waals surface area contributed by atoms with Gasteiger partial charge in [0.2, 0.25) is 0 Å². The lowest BCUT2D eigenvalue weighted by molar-refractivity contribution is 0.100. The minimum Gasteiger partial charge on any atom is -0.365 e. The SMILES string of the molecule is Cc1ccccc1-c1cncc(Nc2nc(N[C@@H]3CCCC[C@@H]3N)c(F)cc2C(N)=O)c1. The molecule has 6 N–H and O–H groups in total. The van der Waals surface area contributed by atoms with Crippen LogP contribution >= 0.6 is 0 Å². The molecule has 2 atom stereocenters. The number of anilines is 3. The maximum Gasteiger partial charge on any atom is 0.252 e. The Morgan fingerprint density at radius 2 is 1.91 bits per heavy atom. The number of primary amides is 1. The maximum atomic E-state index is 14.7. The van der Waals surface area contributed by atoms with Crippen molar-refractivity contribution >= 4 is 23.2 Å². The zero-order valence-electron chi connectivity index (χ0n) is 17.9. The number of aryl methyl sites for hydroxylation is 1. The van der Waals surface area contributed by atoms with Gasteiger partial charge in [0.1, 0.15) is 5.82 Å². The monoisotopic (exact) mass is 434 g/mol. The largest absolute Gasteiger partial charge is 0.365 e. The van der Waals surface area contributed by atoms with Crippen LogP contribution in [0.25, 0.3) is 11.1 Å². The molecule has 1 amide bonds. The van der Waals surface area contributed by atoms with Crippen LogP contribution in [0.2, 0.25) is 0 Å². The van der Waals surface area contributed by atoms with Crippen LogP contribution in [0, 0.1) is 12.7 Å². The van der Waals surface area contributed by atoms with E-state index in [2.05, 4.69) is 20.6 Å². The van der Waals surface area contributed by atoms with Gasteiger partial charge in [0.05, 0.1) is 17.4 Å². The number of aromatic nitrogens is 2. The quantitative estimate of drug-likeness (QED) is 0.463. The third kappa shape index (κ3) is 4.70. The minimum absolute atomic E-state index is 0.0395. The molecular weight excluding hydrogens is 407 g/mol. The first-order chi connectivity index (χ1) is 15.4. The molecule has 0 spiro atoms. The number of hydrogen-bond donors (Lipinski definition) is 4. The average molecular weight is 435 g/mol. The summed E-state index contributed by atoms with van der Waals surface area (Å²) in [6.45, 7) is 2.02. The van der Waals surface area contributed by atoms with Crippen molar-refractivity contribution in [2.75, 3.05) is 10.6 Å². The summed E-state index contributed by atoms with van der Waals surface area (Å²) in [5, 5.41) is 6.20. The molecule has 0 bridgehead atoms. The molecule has 1 aromatic carbocycles. The third-order valence-corrected chi connectivity index (χ3v) is 5.84. The smallest absolute Gasteiger partial charge is 0.252 e. The van der Waals surface area contributed by atoms with E-state index in [1.54, 1.807) is 12.4 Å². The predicted octanol–water partition coefficient (Wildman–Crippen LogP) is 4.12. The molecule has 7 nitrogen and oxygen atoms in total. The van der Waals surface area contributed by atoms with E-state index in [1.807, 2.05) is 37.3 Å². The van der Waals surface area contributed by atoms with Gasteiger partial charge in [-0.25, -0.2) is 9.37 Å². The van der Waals surface area contributed by atoms with Crippen molar-refractivity contribution in [1.29, 1.82) is 0 Å². The molecule has 1 saturated carbocycles. The van der Waals surface area contributed by atoms with Crippen LogP contribution in [0.15, 0.2) is 48.8 Å². The molecule has 32 heavy (non-hydrogen) atoms. The summed E-state index contributed by atoms with van der Waals surface area (Å²) in [5.74, 6) is -1.21. The van der Waals surface area contributed by atoms with Crippen molar-refractivity contribution in [2.45, 2.75) is 44.7 Å². The number of nitrogens with zero attached hydrogens (tertiary/aromatic N) is 2. The van der Waals surface area contributed by atoms with E-state index in [0.29, 0.717) is 5.69 Å². The van der Waals surface area contributed by atoms with Gasteiger partial charge in [-0.3, -0.25) is 9.78 Å². The highest BCUT2D eigenvalue weighted by atomic mass is 19.1. The van der Waals surface area contributed by atoms with Gasteiger partial charge in [-0.15, -0.1) is 0 Å². The van der Waals surface area contributed by atoms with Gasteiger partial charge in [-0.2, -0.15) is 0 Å². The van der Waals surface area contributed by atoms with Gasteiger partial charge in [-0.05, 0) is 43.0 Å². The lowest BCUT2D eigenvalue weighted by Gasteiger charge is -2.30. The molecule has 3 aromatic rings. The summed E-state index contributed by atoms with van der Waals surface area (Å²) in [7, 11) is 0. The topological polar surface area (TPSA) is 119 Å². The molecule has 2 heterocycles.